The molecule has 4 aromatic rings. The highest BCUT2D eigenvalue weighted by atomic mass is 19.1. The number of amides is 1. The molecule has 1 aromatic carbocycles. The number of fused-ring (bicyclic) bond motifs is 2. The summed E-state index contributed by atoms with van der Waals surface area (Å²) in [6.45, 7) is 4.96. The van der Waals surface area contributed by atoms with E-state index in [1.807, 2.05) is 13.8 Å². The Balaban J connectivity index is 1.52. The molecule has 3 aromatic heterocycles. The van der Waals surface area contributed by atoms with Crippen molar-refractivity contribution in [3.8, 4) is 11.5 Å². The van der Waals surface area contributed by atoms with Gasteiger partial charge in [-0.3, -0.25) is 4.79 Å². The van der Waals surface area contributed by atoms with Gasteiger partial charge in [0, 0.05) is 49.1 Å². The van der Waals surface area contributed by atoms with E-state index in [1.54, 1.807) is 53.2 Å². The fraction of sp³-hybridized carbons (Fsp3) is 0.304. The van der Waals surface area contributed by atoms with Crippen LogP contribution in [-0.4, -0.2) is 51.7 Å². The molecule has 7 nitrogen and oxygen atoms in total. The van der Waals surface area contributed by atoms with E-state index in [0.29, 0.717) is 40.8 Å². The molecule has 1 aliphatic rings. The van der Waals surface area contributed by atoms with Crippen molar-refractivity contribution in [3.05, 3.63) is 59.3 Å². The Morgan fingerprint density at radius 3 is 2.87 bits per heavy atom. The fourth-order valence-corrected chi connectivity index (χ4v) is 4.28. The van der Waals surface area contributed by atoms with Crippen LogP contribution in [0, 0.1) is 19.7 Å². The lowest BCUT2D eigenvalue weighted by Crippen LogP contribution is -2.30. The molecule has 0 radical (unpaired) electrons. The molecule has 0 aliphatic carbocycles. The van der Waals surface area contributed by atoms with Gasteiger partial charge in [0.15, 0.2) is 17.3 Å². The topological polar surface area (TPSA) is 71.9 Å². The van der Waals surface area contributed by atoms with Crippen molar-refractivity contribution in [1.82, 2.24) is 19.5 Å². The standard InChI is InChI=1S/C23H23FN4O3/c1-13-10-16-18(26-13)4-5-19(21(16)24)31-20-6-8-25-28-12-17(14(2)22(20)28)23(29)27-9-7-15(11-27)30-3/h4-6,8,10,12,15,26H,7,9,11H2,1-3H3/t15-/m0/s1. The third kappa shape index (κ3) is 3.23. The molecular formula is C23H23FN4O3. The van der Waals surface area contributed by atoms with Crippen molar-refractivity contribution < 1.29 is 18.7 Å². The summed E-state index contributed by atoms with van der Waals surface area (Å²) in [5, 5.41) is 4.80. The highest BCUT2D eigenvalue weighted by molar-refractivity contribution is 5.98. The monoisotopic (exact) mass is 422 g/mol. The smallest absolute Gasteiger partial charge is 0.255 e. The van der Waals surface area contributed by atoms with Crippen molar-refractivity contribution in [2.24, 2.45) is 0 Å². The van der Waals surface area contributed by atoms with Crippen LogP contribution < -0.4 is 4.74 Å². The van der Waals surface area contributed by atoms with Gasteiger partial charge >= 0.3 is 0 Å². The zero-order chi connectivity index (χ0) is 21.7. The number of nitrogens with zero attached hydrogens (tertiary/aromatic N) is 3. The number of halogens is 1. The number of ether oxygens (including phenoxy) is 2. The molecule has 1 fully saturated rings. The number of hydrogen-bond donors (Lipinski definition) is 1. The zero-order valence-electron chi connectivity index (χ0n) is 17.6. The Morgan fingerprint density at radius 1 is 1.26 bits per heavy atom. The molecule has 0 saturated carbocycles. The van der Waals surface area contributed by atoms with E-state index in [2.05, 4.69) is 10.1 Å². The second-order valence-electron chi connectivity index (χ2n) is 7.95. The molecule has 31 heavy (non-hydrogen) atoms. The Bertz CT molecular complexity index is 1310. The number of carbonyl (C=O) groups is 1. The summed E-state index contributed by atoms with van der Waals surface area (Å²) in [4.78, 5) is 18.0. The summed E-state index contributed by atoms with van der Waals surface area (Å²) in [5.41, 5.74) is 3.53. The summed E-state index contributed by atoms with van der Waals surface area (Å²) in [7, 11) is 1.66. The molecule has 0 spiro atoms. The number of likely N-dealkylation sites (tertiary alicyclic amines) is 1. The summed E-state index contributed by atoms with van der Waals surface area (Å²) in [6, 6.07) is 6.82. The summed E-state index contributed by atoms with van der Waals surface area (Å²) < 4.78 is 28.0. The van der Waals surface area contributed by atoms with Gasteiger partial charge in [-0.05, 0) is 44.0 Å². The number of nitrogens with one attached hydrogen (secondary N) is 1. The van der Waals surface area contributed by atoms with Gasteiger partial charge in [0.25, 0.3) is 5.91 Å². The summed E-state index contributed by atoms with van der Waals surface area (Å²) in [6.07, 6.45) is 4.16. The molecule has 0 bridgehead atoms. The van der Waals surface area contributed by atoms with Crippen LogP contribution in [0.4, 0.5) is 4.39 Å². The first-order valence-electron chi connectivity index (χ1n) is 10.2. The van der Waals surface area contributed by atoms with E-state index >= 15 is 4.39 Å². The van der Waals surface area contributed by atoms with Crippen molar-refractivity contribution in [1.29, 1.82) is 0 Å². The largest absolute Gasteiger partial charge is 0.452 e. The molecule has 1 atom stereocenters. The Morgan fingerprint density at radius 2 is 2.10 bits per heavy atom. The molecule has 1 N–H and O–H groups in total. The number of hydrogen-bond acceptors (Lipinski definition) is 4. The molecule has 4 heterocycles. The molecule has 160 valence electrons. The van der Waals surface area contributed by atoms with Gasteiger partial charge in [-0.15, -0.1) is 0 Å². The van der Waals surface area contributed by atoms with Crippen molar-refractivity contribution in [3.63, 3.8) is 0 Å². The van der Waals surface area contributed by atoms with Crippen LogP contribution in [0.5, 0.6) is 11.5 Å². The fourth-order valence-electron chi connectivity index (χ4n) is 4.28. The minimum absolute atomic E-state index is 0.0632. The van der Waals surface area contributed by atoms with E-state index in [-0.39, 0.29) is 17.8 Å². The zero-order valence-corrected chi connectivity index (χ0v) is 17.6. The van der Waals surface area contributed by atoms with Crippen LogP contribution in [0.15, 0.2) is 36.7 Å². The van der Waals surface area contributed by atoms with Gasteiger partial charge in [-0.1, -0.05) is 0 Å². The van der Waals surface area contributed by atoms with E-state index in [9.17, 15) is 4.79 Å². The molecule has 5 rings (SSSR count). The van der Waals surface area contributed by atoms with Crippen LogP contribution in [-0.2, 0) is 4.74 Å². The predicted molar refractivity (Wildman–Crippen MR) is 114 cm³/mol. The quantitative estimate of drug-likeness (QED) is 0.534. The van der Waals surface area contributed by atoms with E-state index < -0.39 is 5.82 Å². The number of methoxy groups -OCH3 is 1. The first-order valence-corrected chi connectivity index (χ1v) is 10.2. The second-order valence-corrected chi connectivity index (χ2v) is 7.95. The minimum atomic E-state index is -0.431. The lowest BCUT2D eigenvalue weighted by Gasteiger charge is -2.15. The van der Waals surface area contributed by atoms with E-state index in [4.69, 9.17) is 9.47 Å². The van der Waals surface area contributed by atoms with Gasteiger partial charge < -0.3 is 19.4 Å². The second kappa shape index (κ2) is 7.39. The molecule has 8 heteroatoms. The van der Waals surface area contributed by atoms with E-state index in [0.717, 1.165) is 17.7 Å². The van der Waals surface area contributed by atoms with Gasteiger partial charge in [-0.2, -0.15) is 5.10 Å². The number of aryl methyl sites for hydroxylation is 2. The number of H-pyrrole nitrogens is 1. The molecule has 0 unspecified atom stereocenters. The van der Waals surface area contributed by atoms with Gasteiger partial charge in [0.1, 0.15) is 5.52 Å². The van der Waals surface area contributed by atoms with Crippen LogP contribution in [0.3, 0.4) is 0 Å². The van der Waals surface area contributed by atoms with E-state index in [1.165, 1.54) is 0 Å². The molecular weight excluding hydrogens is 399 g/mol. The number of benzene rings is 1. The number of rotatable bonds is 4. The van der Waals surface area contributed by atoms with Crippen molar-refractivity contribution >= 4 is 22.3 Å². The van der Waals surface area contributed by atoms with Crippen LogP contribution in [0.1, 0.15) is 28.0 Å². The summed E-state index contributed by atoms with van der Waals surface area (Å²) in [5.74, 6) is 0.0627. The Labute approximate surface area is 178 Å². The van der Waals surface area contributed by atoms with Crippen molar-refractivity contribution in [2.75, 3.05) is 20.2 Å². The van der Waals surface area contributed by atoms with Gasteiger partial charge in [0.05, 0.1) is 17.9 Å². The summed E-state index contributed by atoms with van der Waals surface area (Å²) >= 11 is 0. The maximum Gasteiger partial charge on any atom is 0.255 e. The lowest BCUT2D eigenvalue weighted by atomic mass is 10.1. The maximum atomic E-state index is 15.0. The average Bonchev–Trinajstić information content (AvgIpc) is 3.47. The first-order chi connectivity index (χ1) is 15.0. The van der Waals surface area contributed by atoms with Crippen LogP contribution >= 0.6 is 0 Å². The normalized spacial score (nSPS) is 16.5. The number of aromatic nitrogens is 3. The van der Waals surface area contributed by atoms with Gasteiger partial charge in [0.2, 0.25) is 0 Å². The van der Waals surface area contributed by atoms with Crippen LogP contribution in [0.25, 0.3) is 16.4 Å². The first kappa shape index (κ1) is 19.6. The number of aromatic amines is 1. The predicted octanol–water partition coefficient (Wildman–Crippen LogP) is 4.22. The molecule has 1 amide bonds. The van der Waals surface area contributed by atoms with Gasteiger partial charge in [-0.25, -0.2) is 8.91 Å². The molecule has 1 saturated heterocycles. The minimum Gasteiger partial charge on any atom is -0.452 e. The average molecular weight is 422 g/mol. The lowest BCUT2D eigenvalue weighted by molar-refractivity contribution is 0.0723. The van der Waals surface area contributed by atoms with Crippen molar-refractivity contribution in [2.45, 2.75) is 26.4 Å². The SMILES string of the molecule is CO[C@H]1CCN(C(=O)c2cn3nccc(Oc4ccc5[nH]c(C)cc5c4F)c3c2C)C1. The Hall–Kier alpha value is -3.39. The van der Waals surface area contributed by atoms with Crippen LogP contribution in [0.2, 0.25) is 0 Å². The maximum absolute atomic E-state index is 15.0. The third-order valence-corrected chi connectivity index (χ3v) is 5.94. The molecule has 1 aliphatic heterocycles. The highest BCUT2D eigenvalue weighted by Gasteiger charge is 2.29. The Kier molecular flexibility index (Phi) is 4.66. The number of carbonyl (C=O) groups excluding carboxylic acids is 1. The highest BCUT2D eigenvalue weighted by Crippen LogP contribution is 2.34. The third-order valence-electron chi connectivity index (χ3n) is 5.94.